The molecule has 2 aromatic rings. The Kier molecular flexibility index (Phi) is 3.93. The van der Waals surface area contributed by atoms with Crippen molar-refractivity contribution in [2.75, 3.05) is 0 Å². The van der Waals surface area contributed by atoms with Gasteiger partial charge in [-0.3, -0.25) is 0 Å². The average Bonchev–Trinajstić information content (AvgIpc) is 2.47. The van der Waals surface area contributed by atoms with Crippen molar-refractivity contribution in [1.82, 2.24) is 5.32 Å². The monoisotopic (exact) mass is 285 g/mol. The van der Waals surface area contributed by atoms with Gasteiger partial charge in [-0.05, 0) is 67.1 Å². The number of rotatable bonds is 3. The molecule has 1 aliphatic rings. The summed E-state index contributed by atoms with van der Waals surface area (Å²) in [5.41, 5.74) is 3.42. The molecule has 0 fully saturated rings. The SMILES string of the molecule is CC(NC1CCCc2cc(O)ccc21)c1cccc(F)c1. The summed E-state index contributed by atoms with van der Waals surface area (Å²) in [6, 6.07) is 12.7. The van der Waals surface area contributed by atoms with Crippen LogP contribution in [0.25, 0.3) is 0 Å². The molecule has 110 valence electrons. The van der Waals surface area contributed by atoms with Gasteiger partial charge in [0.15, 0.2) is 0 Å². The van der Waals surface area contributed by atoms with Crippen LogP contribution in [-0.2, 0) is 6.42 Å². The summed E-state index contributed by atoms with van der Waals surface area (Å²) in [6.45, 7) is 2.06. The number of nitrogens with one attached hydrogen (secondary N) is 1. The maximum Gasteiger partial charge on any atom is 0.123 e. The molecule has 0 saturated heterocycles. The molecule has 2 N–H and O–H groups in total. The number of phenolic OH excluding ortho intramolecular Hbond substituents is 1. The third kappa shape index (κ3) is 3.08. The van der Waals surface area contributed by atoms with Crippen LogP contribution in [0.2, 0.25) is 0 Å². The molecule has 1 aliphatic carbocycles. The van der Waals surface area contributed by atoms with Gasteiger partial charge < -0.3 is 10.4 Å². The fraction of sp³-hybridized carbons (Fsp3) is 0.333. The van der Waals surface area contributed by atoms with Gasteiger partial charge in [0, 0.05) is 12.1 Å². The van der Waals surface area contributed by atoms with Crippen LogP contribution in [0.3, 0.4) is 0 Å². The highest BCUT2D eigenvalue weighted by molar-refractivity contribution is 5.38. The first kappa shape index (κ1) is 14.1. The molecule has 2 nitrogen and oxygen atoms in total. The zero-order chi connectivity index (χ0) is 14.8. The van der Waals surface area contributed by atoms with Gasteiger partial charge in [0.2, 0.25) is 0 Å². The first-order chi connectivity index (χ1) is 10.1. The van der Waals surface area contributed by atoms with E-state index >= 15 is 0 Å². The maximum atomic E-state index is 13.3. The predicted octanol–water partition coefficient (Wildman–Crippen LogP) is 4.26. The van der Waals surface area contributed by atoms with Gasteiger partial charge in [-0.25, -0.2) is 4.39 Å². The van der Waals surface area contributed by atoms with Crippen molar-refractivity contribution in [2.24, 2.45) is 0 Å². The van der Waals surface area contributed by atoms with Gasteiger partial charge in [-0.15, -0.1) is 0 Å². The Morgan fingerprint density at radius 3 is 2.90 bits per heavy atom. The average molecular weight is 285 g/mol. The van der Waals surface area contributed by atoms with Gasteiger partial charge in [-0.1, -0.05) is 18.2 Å². The molecule has 0 spiro atoms. The van der Waals surface area contributed by atoms with Crippen molar-refractivity contribution in [3.63, 3.8) is 0 Å². The van der Waals surface area contributed by atoms with Crippen molar-refractivity contribution in [3.8, 4) is 5.75 Å². The molecule has 21 heavy (non-hydrogen) atoms. The van der Waals surface area contributed by atoms with Crippen LogP contribution in [0, 0.1) is 5.82 Å². The van der Waals surface area contributed by atoms with Crippen molar-refractivity contribution < 1.29 is 9.50 Å². The van der Waals surface area contributed by atoms with Crippen LogP contribution in [0.15, 0.2) is 42.5 Å². The number of fused-ring (bicyclic) bond motifs is 1. The molecule has 0 aromatic heterocycles. The lowest BCUT2D eigenvalue weighted by Crippen LogP contribution is -2.27. The number of halogens is 1. The highest BCUT2D eigenvalue weighted by Gasteiger charge is 2.22. The summed E-state index contributed by atoms with van der Waals surface area (Å²) in [5, 5.41) is 13.2. The normalized spacial score (nSPS) is 19.0. The van der Waals surface area contributed by atoms with E-state index in [-0.39, 0.29) is 17.9 Å². The highest BCUT2D eigenvalue weighted by Crippen LogP contribution is 2.33. The first-order valence-corrected chi connectivity index (χ1v) is 7.47. The second kappa shape index (κ2) is 5.86. The molecule has 3 heteroatoms. The second-order valence-electron chi connectivity index (χ2n) is 5.77. The lowest BCUT2D eigenvalue weighted by molar-refractivity contribution is 0.412. The van der Waals surface area contributed by atoms with Gasteiger partial charge in [0.25, 0.3) is 0 Å². The van der Waals surface area contributed by atoms with E-state index in [1.807, 2.05) is 18.2 Å². The molecule has 2 atom stereocenters. The molecule has 0 saturated carbocycles. The molecule has 0 aliphatic heterocycles. The highest BCUT2D eigenvalue weighted by atomic mass is 19.1. The Hall–Kier alpha value is -1.87. The fourth-order valence-corrected chi connectivity index (χ4v) is 3.15. The maximum absolute atomic E-state index is 13.3. The van der Waals surface area contributed by atoms with Crippen LogP contribution in [0.5, 0.6) is 5.75 Å². The summed E-state index contributed by atoms with van der Waals surface area (Å²) < 4.78 is 13.3. The third-order valence-corrected chi connectivity index (χ3v) is 4.24. The topological polar surface area (TPSA) is 32.3 Å². The summed E-state index contributed by atoms with van der Waals surface area (Å²) >= 11 is 0. The molecule has 2 aromatic carbocycles. The zero-order valence-electron chi connectivity index (χ0n) is 12.1. The van der Waals surface area contributed by atoms with Gasteiger partial charge in [-0.2, -0.15) is 0 Å². The van der Waals surface area contributed by atoms with E-state index in [1.54, 1.807) is 18.2 Å². The lowest BCUT2D eigenvalue weighted by atomic mass is 9.87. The van der Waals surface area contributed by atoms with Gasteiger partial charge >= 0.3 is 0 Å². The quantitative estimate of drug-likeness (QED) is 0.883. The van der Waals surface area contributed by atoms with E-state index in [1.165, 1.54) is 17.2 Å². The Labute approximate surface area is 124 Å². The molecule has 3 rings (SSSR count). The predicted molar refractivity (Wildman–Crippen MR) is 81.7 cm³/mol. The minimum atomic E-state index is -0.199. The minimum Gasteiger partial charge on any atom is -0.508 e. The van der Waals surface area contributed by atoms with Crippen LogP contribution >= 0.6 is 0 Å². The van der Waals surface area contributed by atoms with Crippen molar-refractivity contribution in [2.45, 2.75) is 38.3 Å². The van der Waals surface area contributed by atoms with Crippen molar-refractivity contribution >= 4 is 0 Å². The number of benzene rings is 2. The van der Waals surface area contributed by atoms with Crippen molar-refractivity contribution in [3.05, 3.63) is 65.0 Å². The van der Waals surface area contributed by atoms with Gasteiger partial charge in [0.05, 0.1) is 0 Å². The van der Waals surface area contributed by atoms with Crippen LogP contribution in [-0.4, -0.2) is 5.11 Å². The standard InChI is InChI=1S/C18H20FNO/c1-12(13-4-2-6-15(19)10-13)20-18-7-3-5-14-11-16(21)8-9-17(14)18/h2,4,6,8-12,18,20-21H,3,5,7H2,1H3. The number of hydrogen-bond acceptors (Lipinski definition) is 2. The van der Waals surface area contributed by atoms with Crippen LogP contribution < -0.4 is 5.32 Å². The molecular weight excluding hydrogens is 265 g/mol. The van der Waals surface area contributed by atoms with Crippen LogP contribution in [0.1, 0.15) is 48.5 Å². The Bertz CT molecular complexity index is 641. The molecular formula is C18H20FNO. The molecule has 2 unspecified atom stereocenters. The van der Waals surface area contributed by atoms with Crippen LogP contribution in [0.4, 0.5) is 4.39 Å². The summed E-state index contributed by atoms with van der Waals surface area (Å²) in [7, 11) is 0. The summed E-state index contributed by atoms with van der Waals surface area (Å²) in [5.74, 6) is 0.127. The molecule has 0 amide bonds. The largest absolute Gasteiger partial charge is 0.508 e. The van der Waals surface area contributed by atoms with E-state index < -0.39 is 0 Å². The van der Waals surface area contributed by atoms with E-state index in [2.05, 4.69) is 12.2 Å². The minimum absolute atomic E-state index is 0.0884. The zero-order valence-corrected chi connectivity index (χ0v) is 12.1. The smallest absolute Gasteiger partial charge is 0.123 e. The Morgan fingerprint density at radius 2 is 2.10 bits per heavy atom. The number of hydrogen-bond donors (Lipinski definition) is 2. The number of aromatic hydroxyl groups is 1. The molecule has 0 radical (unpaired) electrons. The Balaban J connectivity index is 1.80. The molecule has 0 bridgehead atoms. The first-order valence-electron chi connectivity index (χ1n) is 7.47. The number of phenols is 1. The summed E-state index contributed by atoms with van der Waals surface area (Å²) in [6.07, 6.45) is 3.18. The summed E-state index contributed by atoms with van der Waals surface area (Å²) in [4.78, 5) is 0. The fourth-order valence-electron chi connectivity index (χ4n) is 3.15. The second-order valence-corrected chi connectivity index (χ2v) is 5.77. The van der Waals surface area contributed by atoms with E-state index in [0.29, 0.717) is 5.75 Å². The Morgan fingerprint density at radius 1 is 1.24 bits per heavy atom. The van der Waals surface area contributed by atoms with Gasteiger partial charge in [0.1, 0.15) is 11.6 Å². The van der Waals surface area contributed by atoms with E-state index in [4.69, 9.17) is 0 Å². The van der Waals surface area contributed by atoms with E-state index in [0.717, 1.165) is 24.8 Å². The van der Waals surface area contributed by atoms with Crippen molar-refractivity contribution in [1.29, 1.82) is 0 Å². The third-order valence-electron chi connectivity index (χ3n) is 4.24. The van der Waals surface area contributed by atoms with E-state index in [9.17, 15) is 9.50 Å². The number of aryl methyl sites for hydroxylation is 1. The lowest BCUT2D eigenvalue weighted by Gasteiger charge is -2.29. The molecule has 0 heterocycles.